The predicted molar refractivity (Wildman–Crippen MR) is 97.8 cm³/mol. The van der Waals surface area contributed by atoms with Gasteiger partial charge in [0.15, 0.2) is 11.5 Å². The summed E-state index contributed by atoms with van der Waals surface area (Å²) in [5, 5.41) is 3.67. The Morgan fingerprint density at radius 1 is 1.24 bits per heavy atom. The molecule has 1 aliphatic carbocycles. The standard InChI is InChI=1S/C16H24INO2.ClH/c1-3-20-15-10-12(9-14(17)16(15)19-2)11-18-13-7-5-4-6-8-13;/h9-10,13,18H,3-8,11H2,1-2H3;1H. The Morgan fingerprint density at radius 2 is 1.95 bits per heavy atom. The molecule has 1 aromatic carbocycles. The van der Waals surface area contributed by atoms with Crippen molar-refractivity contribution in [1.82, 2.24) is 5.32 Å². The summed E-state index contributed by atoms with van der Waals surface area (Å²) in [7, 11) is 1.69. The average molecular weight is 426 g/mol. The van der Waals surface area contributed by atoms with Gasteiger partial charge in [0, 0.05) is 12.6 Å². The van der Waals surface area contributed by atoms with Crippen LogP contribution in [0.15, 0.2) is 12.1 Å². The molecule has 1 saturated carbocycles. The first-order valence-electron chi connectivity index (χ1n) is 7.47. The third-order valence-electron chi connectivity index (χ3n) is 3.77. The Morgan fingerprint density at radius 3 is 2.57 bits per heavy atom. The molecule has 120 valence electrons. The zero-order valence-corrected chi connectivity index (χ0v) is 15.8. The molecule has 0 heterocycles. The molecule has 0 aliphatic heterocycles. The Labute approximate surface area is 147 Å². The summed E-state index contributed by atoms with van der Waals surface area (Å²) in [5.74, 6) is 1.69. The lowest BCUT2D eigenvalue weighted by Gasteiger charge is -2.23. The van der Waals surface area contributed by atoms with Crippen LogP contribution in [0.2, 0.25) is 0 Å². The topological polar surface area (TPSA) is 30.5 Å². The van der Waals surface area contributed by atoms with E-state index < -0.39 is 0 Å². The highest BCUT2D eigenvalue weighted by Gasteiger charge is 2.14. The van der Waals surface area contributed by atoms with E-state index in [4.69, 9.17) is 9.47 Å². The lowest BCUT2D eigenvalue weighted by molar-refractivity contribution is 0.309. The van der Waals surface area contributed by atoms with Crippen LogP contribution in [0.4, 0.5) is 0 Å². The summed E-state index contributed by atoms with van der Waals surface area (Å²) in [6, 6.07) is 4.96. The van der Waals surface area contributed by atoms with Crippen molar-refractivity contribution < 1.29 is 9.47 Å². The second-order valence-electron chi connectivity index (χ2n) is 5.26. The Balaban J connectivity index is 0.00000220. The Hall–Kier alpha value is -0.200. The Kier molecular flexibility index (Phi) is 8.74. The molecule has 0 amide bonds. The van der Waals surface area contributed by atoms with Crippen molar-refractivity contribution in [2.45, 2.75) is 51.6 Å². The molecule has 1 aliphatic rings. The van der Waals surface area contributed by atoms with Crippen LogP contribution < -0.4 is 14.8 Å². The lowest BCUT2D eigenvalue weighted by atomic mass is 9.95. The van der Waals surface area contributed by atoms with E-state index in [2.05, 4.69) is 40.0 Å². The summed E-state index contributed by atoms with van der Waals surface area (Å²) in [6.07, 6.45) is 6.74. The van der Waals surface area contributed by atoms with Crippen LogP contribution in [-0.4, -0.2) is 19.8 Å². The molecular formula is C16H25ClINO2. The van der Waals surface area contributed by atoms with Gasteiger partial charge in [0.1, 0.15) is 0 Å². The van der Waals surface area contributed by atoms with Gasteiger partial charge in [-0.15, -0.1) is 12.4 Å². The van der Waals surface area contributed by atoms with Gasteiger partial charge in [0.25, 0.3) is 0 Å². The van der Waals surface area contributed by atoms with E-state index in [0.717, 1.165) is 21.6 Å². The number of rotatable bonds is 6. The third-order valence-corrected chi connectivity index (χ3v) is 4.57. The van der Waals surface area contributed by atoms with Crippen molar-refractivity contribution >= 4 is 35.0 Å². The van der Waals surface area contributed by atoms with E-state index in [0.29, 0.717) is 12.6 Å². The summed E-state index contributed by atoms with van der Waals surface area (Å²) in [5.41, 5.74) is 1.27. The largest absolute Gasteiger partial charge is 0.492 e. The number of halogens is 2. The molecule has 2 rings (SSSR count). The van der Waals surface area contributed by atoms with Crippen molar-refractivity contribution in [3.8, 4) is 11.5 Å². The van der Waals surface area contributed by atoms with Crippen molar-refractivity contribution in [2.24, 2.45) is 0 Å². The van der Waals surface area contributed by atoms with E-state index >= 15 is 0 Å². The minimum Gasteiger partial charge on any atom is -0.492 e. The third kappa shape index (κ3) is 5.49. The highest BCUT2D eigenvalue weighted by molar-refractivity contribution is 14.1. The fraction of sp³-hybridized carbons (Fsp3) is 0.625. The molecule has 0 spiro atoms. The van der Waals surface area contributed by atoms with Gasteiger partial charge in [-0.3, -0.25) is 0 Å². The van der Waals surface area contributed by atoms with Crippen molar-refractivity contribution in [1.29, 1.82) is 0 Å². The molecular weight excluding hydrogens is 401 g/mol. The first kappa shape index (κ1) is 18.8. The van der Waals surface area contributed by atoms with Crippen LogP contribution in [0.3, 0.4) is 0 Å². The molecule has 0 saturated heterocycles. The highest BCUT2D eigenvalue weighted by atomic mass is 127. The fourth-order valence-electron chi connectivity index (χ4n) is 2.75. The molecule has 1 aromatic rings. The zero-order valence-electron chi connectivity index (χ0n) is 12.8. The Bertz CT molecular complexity index is 437. The molecule has 0 bridgehead atoms. The minimum atomic E-state index is 0. The van der Waals surface area contributed by atoms with Crippen LogP contribution in [0.5, 0.6) is 11.5 Å². The number of benzene rings is 1. The van der Waals surface area contributed by atoms with Gasteiger partial charge in [-0.1, -0.05) is 19.3 Å². The maximum absolute atomic E-state index is 5.68. The summed E-state index contributed by atoms with van der Waals surface area (Å²) in [4.78, 5) is 0. The monoisotopic (exact) mass is 425 g/mol. The zero-order chi connectivity index (χ0) is 14.4. The van der Waals surface area contributed by atoms with E-state index in [-0.39, 0.29) is 12.4 Å². The molecule has 0 atom stereocenters. The van der Waals surface area contributed by atoms with Crippen LogP contribution in [-0.2, 0) is 6.54 Å². The molecule has 0 unspecified atom stereocenters. The number of nitrogens with one attached hydrogen (secondary N) is 1. The van der Waals surface area contributed by atoms with Crippen molar-refractivity contribution in [3.63, 3.8) is 0 Å². The first-order valence-corrected chi connectivity index (χ1v) is 8.55. The average Bonchev–Trinajstić information content (AvgIpc) is 2.46. The van der Waals surface area contributed by atoms with Gasteiger partial charge in [0.2, 0.25) is 0 Å². The van der Waals surface area contributed by atoms with Crippen LogP contribution in [0.25, 0.3) is 0 Å². The first-order chi connectivity index (χ1) is 9.74. The maximum Gasteiger partial charge on any atom is 0.174 e. The number of ether oxygens (including phenoxy) is 2. The van der Waals surface area contributed by atoms with Gasteiger partial charge < -0.3 is 14.8 Å². The summed E-state index contributed by atoms with van der Waals surface area (Å²) >= 11 is 2.31. The minimum absolute atomic E-state index is 0. The quantitative estimate of drug-likeness (QED) is 0.679. The molecule has 1 fully saturated rings. The molecule has 21 heavy (non-hydrogen) atoms. The van der Waals surface area contributed by atoms with Gasteiger partial charge in [-0.2, -0.15) is 0 Å². The van der Waals surface area contributed by atoms with Crippen LogP contribution in [0.1, 0.15) is 44.6 Å². The normalized spacial score (nSPS) is 15.4. The molecule has 3 nitrogen and oxygen atoms in total. The maximum atomic E-state index is 5.68. The highest BCUT2D eigenvalue weighted by Crippen LogP contribution is 2.34. The van der Waals surface area contributed by atoms with E-state index in [1.165, 1.54) is 37.7 Å². The van der Waals surface area contributed by atoms with Crippen LogP contribution in [0, 0.1) is 3.57 Å². The van der Waals surface area contributed by atoms with Gasteiger partial charge in [0.05, 0.1) is 17.3 Å². The van der Waals surface area contributed by atoms with E-state index in [1.54, 1.807) is 7.11 Å². The number of hydrogen-bond acceptors (Lipinski definition) is 3. The SMILES string of the molecule is CCOc1cc(CNC2CCCCC2)cc(I)c1OC.Cl. The van der Waals surface area contributed by atoms with Crippen molar-refractivity contribution in [3.05, 3.63) is 21.3 Å². The summed E-state index contributed by atoms with van der Waals surface area (Å²) < 4.78 is 12.2. The fourth-order valence-corrected chi connectivity index (χ4v) is 3.64. The van der Waals surface area contributed by atoms with E-state index in [1.807, 2.05) is 6.92 Å². The van der Waals surface area contributed by atoms with Crippen LogP contribution >= 0.6 is 35.0 Å². The van der Waals surface area contributed by atoms with Gasteiger partial charge in [-0.25, -0.2) is 0 Å². The second-order valence-corrected chi connectivity index (χ2v) is 6.42. The predicted octanol–water partition coefficient (Wildman–Crippen LogP) is 4.54. The van der Waals surface area contributed by atoms with Gasteiger partial charge >= 0.3 is 0 Å². The van der Waals surface area contributed by atoms with E-state index in [9.17, 15) is 0 Å². The second kappa shape index (κ2) is 9.74. The van der Waals surface area contributed by atoms with Crippen molar-refractivity contribution in [2.75, 3.05) is 13.7 Å². The molecule has 1 N–H and O–H groups in total. The number of methoxy groups -OCH3 is 1. The summed E-state index contributed by atoms with van der Waals surface area (Å²) in [6.45, 7) is 3.57. The molecule has 5 heteroatoms. The lowest BCUT2D eigenvalue weighted by Crippen LogP contribution is -2.30. The smallest absolute Gasteiger partial charge is 0.174 e. The number of hydrogen-bond donors (Lipinski definition) is 1. The van der Waals surface area contributed by atoms with Gasteiger partial charge in [-0.05, 0) is 60.1 Å². The molecule has 0 radical (unpaired) electrons. The molecule has 0 aromatic heterocycles.